The number of hydrogen-bond acceptors (Lipinski definition) is 2. The predicted molar refractivity (Wildman–Crippen MR) is 88.9 cm³/mol. The summed E-state index contributed by atoms with van der Waals surface area (Å²) >= 11 is 0. The van der Waals surface area contributed by atoms with Gasteiger partial charge < -0.3 is 9.88 Å². The third-order valence-corrected chi connectivity index (χ3v) is 3.67. The van der Waals surface area contributed by atoms with Gasteiger partial charge in [-0.05, 0) is 30.4 Å². The molecule has 116 valence electrons. The Kier molecular flexibility index (Phi) is 5.53. The molecule has 2 aromatic rings. The van der Waals surface area contributed by atoms with Crippen molar-refractivity contribution in [2.24, 2.45) is 13.0 Å². The Morgan fingerprint density at radius 3 is 2.59 bits per heavy atom. The maximum atomic E-state index is 12.0. The molecule has 0 aliphatic rings. The number of aromatic nitrogens is 1. The number of pyridine rings is 1. The largest absolute Gasteiger partial charge is 0.325 e. The van der Waals surface area contributed by atoms with E-state index in [1.54, 1.807) is 19.3 Å². The Morgan fingerprint density at radius 1 is 1.18 bits per heavy atom. The lowest BCUT2D eigenvalue weighted by molar-refractivity contribution is -0.117. The number of carbonyl (C=O) groups is 1. The van der Waals surface area contributed by atoms with Gasteiger partial charge in [0.05, 0.1) is 5.69 Å². The second-order valence-electron chi connectivity index (χ2n) is 5.75. The lowest BCUT2D eigenvalue weighted by atomic mass is 9.98. The number of anilines is 1. The monoisotopic (exact) mass is 298 g/mol. The maximum absolute atomic E-state index is 12.0. The Labute approximate surface area is 130 Å². The van der Waals surface area contributed by atoms with E-state index in [9.17, 15) is 9.59 Å². The number of rotatable bonds is 6. The lowest BCUT2D eigenvalue weighted by Gasteiger charge is -2.12. The predicted octanol–water partition coefficient (Wildman–Crippen LogP) is 2.98. The van der Waals surface area contributed by atoms with E-state index in [1.807, 2.05) is 18.2 Å². The minimum absolute atomic E-state index is 0.0146. The normalized spacial score (nSPS) is 11.9. The molecule has 1 aromatic carbocycles. The van der Waals surface area contributed by atoms with Crippen LogP contribution in [0, 0.1) is 5.92 Å². The van der Waals surface area contributed by atoms with Gasteiger partial charge >= 0.3 is 0 Å². The van der Waals surface area contributed by atoms with Crippen LogP contribution < -0.4 is 10.9 Å². The molecule has 4 heteroatoms. The van der Waals surface area contributed by atoms with Crippen LogP contribution in [-0.2, 0) is 18.3 Å². The summed E-state index contributed by atoms with van der Waals surface area (Å²) in [6.45, 7) is 2.09. The van der Waals surface area contributed by atoms with Crippen molar-refractivity contribution in [3.8, 4) is 0 Å². The first-order chi connectivity index (χ1) is 10.5. The van der Waals surface area contributed by atoms with Gasteiger partial charge in [0.1, 0.15) is 0 Å². The minimum Gasteiger partial charge on any atom is -0.325 e. The van der Waals surface area contributed by atoms with Crippen molar-refractivity contribution < 1.29 is 4.79 Å². The van der Waals surface area contributed by atoms with Crippen molar-refractivity contribution in [3.05, 3.63) is 64.6 Å². The van der Waals surface area contributed by atoms with Crippen LogP contribution in [0.25, 0.3) is 0 Å². The average molecular weight is 298 g/mol. The number of hydrogen-bond donors (Lipinski definition) is 1. The first-order valence-electron chi connectivity index (χ1n) is 7.55. The quantitative estimate of drug-likeness (QED) is 0.891. The van der Waals surface area contributed by atoms with Crippen LogP contribution in [0.4, 0.5) is 5.69 Å². The molecule has 1 aromatic heterocycles. The molecule has 0 saturated heterocycles. The summed E-state index contributed by atoms with van der Waals surface area (Å²) in [6, 6.07) is 13.4. The van der Waals surface area contributed by atoms with Crippen LogP contribution in [-0.4, -0.2) is 10.5 Å². The molecule has 0 bridgehead atoms. The zero-order chi connectivity index (χ0) is 15.9. The Hall–Kier alpha value is -2.36. The van der Waals surface area contributed by atoms with Crippen LogP contribution in [0.2, 0.25) is 0 Å². The van der Waals surface area contributed by atoms with E-state index < -0.39 is 0 Å². The molecule has 0 spiro atoms. The Bertz CT molecular complexity index is 677. The molecule has 0 unspecified atom stereocenters. The zero-order valence-corrected chi connectivity index (χ0v) is 13.1. The molecule has 0 aliphatic heterocycles. The topological polar surface area (TPSA) is 51.1 Å². The number of benzene rings is 1. The molecule has 1 atom stereocenters. The van der Waals surface area contributed by atoms with Crippen LogP contribution >= 0.6 is 0 Å². The van der Waals surface area contributed by atoms with E-state index in [0.717, 1.165) is 12.8 Å². The van der Waals surface area contributed by atoms with E-state index in [-0.39, 0.29) is 11.5 Å². The molecule has 22 heavy (non-hydrogen) atoms. The molecule has 2 rings (SSSR count). The number of nitrogens with zero attached hydrogens (tertiary/aromatic N) is 1. The third kappa shape index (κ3) is 4.88. The highest BCUT2D eigenvalue weighted by Crippen LogP contribution is 2.14. The highest BCUT2D eigenvalue weighted by atomic mass is 16.1. The number of amides is 1. The smallest absolute Gasteiger partial charge is 0.250 e. The Balaban J connectivity index is 1.81. The van der Waals surface area contributed by atoms with Crippen LogP contribution in [0.1, 0.15) is 25.3 Å². The van der Waals surface area contributed by atoms with Gasteiger partial charge in [-0.15, -0.1) is 0 Å². The van der Waals surface area contributed by atoms with Gasteiger partial charge in [-0.3, -0.25) is 9.59 Å². The maximum Gasteiger partial charge on any atom is 0.250 e. The molecule has 0 aliphatic carbocycles. The van der Waals surface area contributed by atoms with E-state index in [2.05, 4.69) is 24.4 Å². The summed E-state index contributed by atoms with van der Waals surface area (Å²) in [6.07, 6.45) is 4.07. The van der Waals surface area contributed by atoms with E-state index >= 15 is 0 Å². The molecule has 4 nitrogen and oxygen atoms in total. The number of nitrogens with one attached hydrogen (secondary N) is 1. The van der Waals surface area contributed by atoms with Crippen LogP contribution in [0.15, 0.2) is 53.5 Å². The van der Waals surface area contributed by atoms with Crippen molar-refractivity contribution in [3.63, 3.8) is 0 Å². The van der Waals surface area contributed by atoms with Crippen molar-refractivity contribution in [1.82, 2.24) is 4.57 Å². The summed E-state index contributed by atoms with van der Waals surface area (Å²) in [5.41, 5.74) is 1.87. The van der Waals surface area contributed by atoms with Gasteiger partial charge in [-0.25, -0.2) is 0 Å². The summed E-state index contributed by atoms with van der Waals surface area (Å²) in [7, 11) is 1.67. The lowest BCUT2D eigenvalue weighted by Crippen LogP contribution is -2.19. The first-order valence-corrected chi connectivity index (χ1v) is 7.55. The molecule has 1 N–H and O–H groups in total. The summed E-state index contributed by atoms with van der Waals surface area (Å²) in [5.74, 6) is 0.298. The molecule has 1 amide bonds. The van der Waals surface area contributed by atoms with Crippen molar-refractivity contribution in [1.29, 1.82) is 0 Å². The third-order valence-electron chi connectivity index (χ3n) is 3.67. The van der Waals surface area contributed by atoms with Gasteiger partial charge in [0.15, 0.2) is 0 Å². The standard InChI is InChI=1S/C18H22N2O2/c1-14(8-9-15-6-4-3-5-7-15)12-17(21)19-16-10-11-18(22)20(2)13-16/h3-7,10-11,13-14H,8-9,12H2,1-2H3,(H,19,21)/t14-/m0/s1. The molecule has 0 radical (unpaired) electrons. The highest BCUT2D eigenvalue weighted by molar-refractivity contribution is 5.90. The molecular weight excluding hydrogens is 276 g/mol. The second-order valence-corrected chi connectivity index (χ2v) is 5.75. The fraction of sp³-hybridized carbons (Fsp3) is 0.333. The Morgan fingerprint density at radius 2 is 1.91 bits per heavy atom. The van der Waals surface area contributed by atoms with E-state index in [4.69, 9.17) is 0 Å². The van der Waals surface area contributed by atoms with Crippen molar-refractivity contribution >= 4 is 11.6 Å². The zero-order valence-electron chi connectivity index (χ0n) is 13.1. The average Bonchev–Trinajstić information content (AvgIpc) is 2.50. The van der Waals surface area contributed by atoms with Gasteiger partial charge in [-0.1, -0.05) is 37.3 Å². The van der Waals surface area contributed by atoms with E-state index in [1.165, 1.54) is 16.2 Å². The first kappa shape index (κ1) is 16.0. The molecule has 0 saturated carbocycles. The SMILES string of the molecule is C[C@@H](CCc1ccccc1)CC(=O)Nc1ccc(=O)n(C)c1. The fourth-order valence-corrected chi connectivity index (χ4v) is 2.36. The van der Waals surface area contributed by atoms with Gasteiger partial charge in [0, 0.05) is 25.7 Å². The summed E-state index contributed by atoms with van der Waals surface area (Å²) in [4.78, 5) is 23.3. The van der Waals surface area contributed by atoms with Gasteiger partial charge in [-0.2, -0.15) is 0 Å². The van der Waals surface area contributed by atoms with E-state index in [0.29, 0.717) is 18.0 Å². The van der Waals surface area contributed by atoms with Crippen LogP contribution in [0.3, 0.4) is 0 Å². The highest BCUT2D eigenvalue weighted by Gasteiger charge is 2.10. The van der Waals surface area contributed by atoms with Gasteiger partial charge in [0.25, 0.3) is 0 Å². The minimum atomic E-state index is -0.0887. The molecular formula is C18H22N2O2. The van der Waals surface area contributed by atoms with Crippen molar-refractivity contribution in [2.75, 3.05) is 5.32 Å². The number of carbonyl (C=O) groups excluding carboxylic acids is 1. The molecule has 1 heterocycles. The van der Waals surface area contributed by atoms with Gasteiger partial charge in [0.2, 0.25) is 11.5 Å². The molecule has 0 fully saturated rings. The van der Waals surface area contributed by atoms with Crippen molar-refractivity contribution in [2.45, 2.75) is 26.2 Å². The fourth-order valence-electron chi connectivity index (χ4n) is 2.36. The number of aryl methyl sites for hydroxylation is 2. The second kappa shape index (κ2) is 7.59. The van der Waals surface area contributed by atoms with Crippen LogP contribution in [0.5, 0.6) is 0 Å². The summed E-state index contributed by atoms with van der Waals surface area (Å²) in [5, 5.41) is 2.84. The summed E-state index contributed by atoms with van der Waals surface area (Å²) < 4.78 is 1.45.